The maximum atomic E-state index is 12.0. The molecule has 0 radical (unpaired) electrons. The van der Waals surface area contributed by atoms with Gasteiger partial charge in [0.25, 0.3) is 0 Å². The Morgan fingerprint density at radius 2 is 2.00 bits per heavy atom. The van der Waals surface area contributed by atoms with Crippen molar-refractivity contribution < 1.29 is 9.32 Å². The van der Waals surface area contributed by atoms with Gasteiger partial charge in [-0.15, -0.1) is 0 Å². The Bertz CT molecular complexity index is 834. The Morgan fingerprint density at radius 1 is 1.19 bits per heavy atom. The topological polar surface area (TPSA) is 85.8 Å². The van der Waals surface area contributed by atoms with Gasteiger partial charge in [0.1, 0.15) is 5.69 Å². The molecule has 0 bridgehead atoms. The summed E-state index contributed by atoms with van der Waals surface area (Å²) in [5.74, 6) is 0.992. The monoisotopic (exact) mass is 353 g/mol. The molecule has 0 unspecified atom stereocenters. The van der Waals surface area contributed by atoms with Crippen molar-refractivity contribution in [2.24, 2.45) is 0 Å². The van der Waals surface area contributed by atoms with Crippen LogP contribution in [0.1, 0.15) is 30.1 Å². The molecule has 0 aliphatic rings. The van der Waals surface area contributed by atoms with Crippen LogP contribution in [-0.2, 0) is 17.8 Å². The van der Waals surface area contributed by atoms with Crippen molar-refractivity contribution in [3.63, 3.8) is 0 Å². The van der Waals surface area contributed by atoms with Crippen molar-refractivity contribution in [2.45, 2.75) is 39.7 Å². The van der Waals surface area contributed by atoms with E-state index in [4.69, 9.17) is 4.52 Å². The van der Waals surface area contributed by atoms with Crippen molar-refractivity contribution in [3.05, 3.63) is 53.8 Å². The molecule has 3 heterocycles. The Morgan fingerprint density at radius 3 is 2.73 bits per heavy atom. The summed E-state index contributed by atoms with van der Waals surface area (Å²) in [6.07, 6.45) is 3.50. The molecule has 136 valence electrons. The molecular weight excluding hydrogens is 330 g/mol. The molecule has 3 aromatic heterocycles. The second kappa shape index (κ2) is 8.42. The molecule has 0 spiro atoms. The van der Waals surface area contributed by atoms with E-state index in [0.29, 0.717) is 36.8 Å². The van der Waals surface area contributed by atoms with Crippen LogP contribution in [0.15, 0.2) is 41.1 Å². The van der Waals surface area contributed by atoms with E-state index in [-0.39, 0.29) is 5.91 Å². The van der Waals surface area contributed by atoms with E-state index in [9.17, 15) is 4.79 Å². The SMILES string of the molecule is Cc1ccc(C)n1CCCC(=O)NCCc1nc(-c2ccccn2)no1. The van der Waals surface area contributed by atoms with Gasteiger partial charge in [0, 0.05) is 43.5 Å². The van der Waals surface area contributed by atoms with Gasteiger partial charge < -0.3 is 14.4 Å². The summed E-state index contributed by atoms with van der Waals surface area (Å²) in [5, 5.41) is 6.81. The van der Waals surface area contributed by atoms with Crippen LogP contribution >= 0.6 is 0 Å². The second-order valence-electron chi connectivity index (χ2n) is 6.20. The molecule has 1 N–H and O–H groups in total. The molecule has 3 aromatic rings. The zero-order valence-corrected chi connectivity index (χ0v) is 15.1. The first-order valence-corrected chi connectivity index (χ1v) is 8.77. The molecule has 0 fully saturated rings. The number of nitrogens with zero attached hydrogens (tertiary/aromatic N) is 4. The maximum Gasteiger partial charge on any atom is 0.228 e. The van der Waals surface area contributed by atoms with Crippen molar-refractivity contribution in [1.82, 2.24) is 25.0 Å². The smallest absolute Gasteiger partial charge is 0.228 e. The van der Waals surface area contributed by atoms with E-state index < -0.39 is 0 Å². The lowest BCUT2D eigenvalue weighted by molar-refractivity contribution is -0.121. The number of rotatable bonds is 8. The zero-order chi connectivity index (χ0) is 18.4. The fourth-order valence-corrected chi connectivity index (χ4v) is 2.80. The summed E-state index contributed by atoms with van der Waals surface area (Å²) in [5.41, 5.74) is 3.12. The Labute approximate surface area is 152 Å². The highest BCUT2D eigenvalue weighted by Crippen LogP contribution is 2.12. The number of aryl methyl sites for hydroxylation is 2. The van der Waals surface area contributed by atoms with E-state index in [1.54, 1.807) is 6.20 Å². The molecular formula is C19H23N5O2. The van der Waals surface area contributed by atoms with Crippen LogP contribution in [0.4, 0.5) is 0 Å². The minimum Gasteiger partial charge on any atom is -0.356 e. The molecule has 0 aromatic carbocycles. The summed E-state index contributed by atoms with van der Waals surface area (Å²) in [6.45, 7) is 5.49. The van der Waals surface area contributed by atoms with Crippen molar-refractivity contribution in [3.8, 4) is 11.5 Å². The van der Waals surface area contributed by atoms with Crippen LogP contribution in [0.2, 0.25) is 0 Å². The summed E-state index contributed by atoms with van der Waals surface area (Å²) in [6, 6.07) is 9.72. The Balaban J connectivity index is 1.38. The van der Waals surface area contributed by atoms with Crippen molar-refractivity contribution in [2.75, 3.05) is 6.54 Å². The van der Waals surface area contributed by atoms with Crippen LogP contribution in [0.25, 0.3) is 11.5 Å². The standard InChI is InChI=1S/C19H23N5O2/c1-14-8-9-15(2)24(14)13-5-7-17(25)21-12-10-18-22-19(23-26-18)16-6-3-4-11-20-16/h3-4,6,8-9,11H,5,7,10,12-13H2,1-2H3,(H,21,25). The molecule has 0 atom stereocenters. The predicted molar refractivity (Wildman–Crippen MR) is 97.4 cm³/mol. The first-order chi connectivity index (χ1) is 12.6. The fraction of sp³-hybridized carbons (Fsp3) is 0.368. The summed E-state index contributed by atoms with van der Waals surface area (Å²) in [4.78, 5) is 20.4. The van der Waals surface area contributed by atoms with Gasteiger partial charge in [-0.05, 0) is 44.5 Å². The van der Waals surface area contributed by atoms with Gasteiger partial charge in [0.2, 0.25) is 17.6 Å². The van der Waals surface area contributed by atoms with Gasteiger partial charge in [-0.25, -0.2) is 0 Å². The number of hydrogen-bond donors (Lipinski definition) is 1. The number of hydrogen-bond acceptors (Lipinski definition) is 5. The highest BCUT2D eigenvalue weighted by Gasteiger charge is 2.10. The first-order valence-electron chi connectivity index (χ1n) is 8.77. The third-order valence-electron chi connectivity index (χ3n) is 4.23. The molecule has 0 saturated carbocycles. The quantitative estimate of drug-likeness (QED) is 0.673. The van der Waals surface area contributed by atoms with Crippen LogP contribution < -0.4 is 5.32 Å². The van der Waals surface area contributed by atoms with Crippen LogP contribution in [0.3, 0.4) is 0 Å². The molecule has 26 heavy (non-hydrogen) atoms. The minimum atomic E-state index is 0.0388. The van der Waals surface area contributed by atoms with E-state index in [1.807, 2.05) is 18.2 Å². The Hall–Kier alpha value is -2.96. The average Bonchev–Trinajstić information content (AvgIpc) is 3.24. The fourth-order valence-electron chi connectivity index (χ4n) is 2.80. The zero-order valence-electron chi connectivity index (χ0n) is 15.1. The van der Waals surface area contributed by atoms with Gasteiger partial charge in [-0.3, -0.25) is 9.78 Å². The van der Waals surface area contributed by atoms with Gasteiger partial charge in [0.05, 0.1) is 0 Å². The lowest BCUT2D eigenvalue weighted by atomic mass is 10.2. The third kappa shape index (κ3) is 4.56. The number of carbonyl (C=O) groups is 1. The van der Waals surface area contributed by atoms with E-state index in [1.165, 1.54) is 11.4 Å². The summed E-state index contributed by atoms with van der Waals surface area (Å²) < 4.78 is 7.43. The molecule has 3 rings (SSSR count). The minimum absolute atomic E-state index is 0.0388. The van der Waals surface area contributed by atoms with Gasteiger partial charge >= 0.3 is 0 Å². The average molecular weight is 353 g/mol. The first kappa shape index (κ1) is 17.8. The molecule has 7 heteroatoms. The number of pyridine rings is 1. The van der Waals surface area contributed by atoms with Crippen molar-refractivity contribution in [1.29, 1.82) is 0 Å². The van der Waals surface area contributed by atoms with Gasteiger partial charge in [-0.1, -0.05) is 11.2 Å². The van der Waals surface area contributed by atoms with Crippen LogP contribution in [-0.4, -0.2) is 32.1 Å². The molecule has 7 nitrogen and oxygen atoms in total. The van der Waals surface area contributed by atoms with Crippen LogP contribution in [0.5, 0.6) is 0 Å². The number of aromatic nitrogens is 4. The van der Waals surface area contributed by atoms with Crippen molar-refractivity contribution >= 4 is 5.91 Å². The van der Waals surface area contributed by atoms with Gasteiger partial charge in [0.15, 0.2) is 0 Å². The lowest BCUT2D eigenvalue weighted by Gasteiger charge is -2.09. The van der Waals surface area contributed by atoms with Gasteiger partial charge in [-0.2, -0.15) is 4.98 Å². The maximum absolute atomic E-state index is 12.0. The van der Waals surface area contributed by atoms with E-state index in [0.717, 1.165) is 13.0 Å². The lowest BCUT2D eigenvalue weighted by Crippen LogP contribution is -2.25. The molecule has 0 aliphatic carbocycles. The number of nitrogens with one attached hydrogen (secondary N) is 1. The molecule has 0 aliphatic heterocycles. The molecule has 1 amide bonds. The predicted octanol–water partition coefficient (Wildman–Crippen LogP) is 2.69. The number of amides is 1. The Kier molecular flexibility index (Phi) is 5.78. The van der Waals surface area contributed by atoms with E-state index in [2.05, 4.69) is 51.0 Å². The normalized spacial score (nSPS) is 10.8. The molecule has 0 saturated heterocycles. The third-order valence-corrected chi connectivity index (χ3v) is 4.23. The van der Waals surface area contributed by atoms with E-state index >= 15 is 0 Å². The van der Waals surface area contributed by atoms with Crippen LogP contribution in [0, 0.1) is 13.8 Å². The summed E-state index contributed by atoms with van der Waals surface area (Å²) >= 11 is 0. The second-order valence-corrected chi connectivity index (χ2v) is 6.20. The highest BCUT2D eigenvalue weighted by atomic mass is 16.5. The highest BCUT2D eigenvalue weighted by molar-refractivity contribution is 5.75. The largest absolute Gasteiger partial charge is 0.356 e. The summed E-state index contributed by atoms with van der Waals surface area (Å²) in [7, 11) is 0. The number of carbonyl (C=O) groups excluding carboxylic acids is 1.